The third-order valence-electron chi connectivity index (χ3n) is 2.71. The van der Waals surface area contributed by atoms with Gasteiger partial charge in [0.15, 0.2) is 6.10 Å². The number of hydrogen-bond donors (Lipinski definition) is 1. The topological polar surface area (TPSA) is 38.3 Å². The largest absolute Gasteiger partial charge is 0.481 e. The fourth-order valence-corrected chi connectivity index (χ4v) is 1.60. The average molecular weight is 249 g/mol. The SMILES string of the molecule is CCc1ccccc1O[C@H](C)C(=O)NCC(C)C. The number of aryl methyl sites for hydroxylation is 1. The fourth-order valence-electron chi connectivity index (χ4n) is 1.60. The zero-order valence-electron chi connectivity index (χ0n) is 11.7. The lowest BCUT2D eigenvalue weighted by Crippen LogP contribution is -2.38. The molecule has 0 heterocycles. The molecule has 1 atom stereocenters. The summed E-state index contributed by atoms with van der Waals surface area (Å²) in [5, 5.41) is 2.88. The van der Waals surface area contributed by atoms with Crippen LogP contribution in [0, 0.1) is 5.92 Å². The Morgan fingerprint density at radius 3 is 2.56 bits per heavy atom. The van der Waals surface area contributed by atoms with Crippen LogP contribution in [0.4, 0.5) is 0 Å². The lowest BCUT2D eigenvalue weighted by molar-refractivity contribution is -0.127. The van der Waals surface area contributed by atoms with Crippen LogP contribution in [-0.2, 0) is 11.2 Å². The molecular formula is C15H23NO2. The van der Waals surface area contributed by atoms with Gasteiger partial charge in [0.2, 0.25) is 0 Å². The molecule has 1 N–H and O–H groups in total. The number of nitrogens with one attached hydrogen (secondary N) is 1. The van der Waals surface area contributed by atoms with Gasteiger partial charge in [-0.05, 0) is 30.9 Å². The van der Waals surface area contributed by atoms with E-state index in [1.165, 1.54) is 0 Å². The van der Waals surface area contributed by atoms with Crippen LogP contribution in [0.15, 0.2) is 24.3 Å². The van der Waals surface area contributed by atoms with Gasteiger partial charge in [-0.2, -0.15) is 0 Å². The van der Waals surface area contributed by atoms with E-state index in [-0.39, 0.29) is 5.91 Å². The lowest BCUT2D eigenvalue weighted by atomic mass is 10.1. The Kier molecular flexibility index (Phi) is 5.69. The highest BCUT2D eigenvalue weighted by Gasteiger charge is 2.15. The Balaban J connectivity index is 2.58. The molecule has 1 aromatic rings. The third kappa shape index (κ3) is 4.40. The van der Waals surface area contributed by atoms with Crippen molar-refractivity contribution in [3.8, 4) is 5.75 Å². The van der Waals surface area contributed by atoms with Gasteiger partial charge in [0, 0.05) is 6.54 Å². The first kappa shape index (κ1) is 14.6. The second-order valence-corrected chi connectivity index (χ2v) is 4.86. The van der Waals surface area contributed by atoms with Crippen molar-refractivity contribution in [3.63, 3.8) is 0 Å². The van der Waals surface area contributed by atoms with E-state index in [1.54, 1.807) is 6.92 Å². The molecule has 0 aliphatic heterocycles. The molecule has 1 amide bonds. The van der Waals surface area contributed by atoms with Crippen molar-refractivity contribution >= 4 is 5.91 Å². The summed E-state index contributed by atoms with van der Waals surface area (Å²) in [6.07, 6.45) is 0.438. The first-order chi connectivity index (χ1) is 8.54. The number of ether oxygens (including phenoxy) is 1. The smallest absolute Gasteiger partial charge is 0.260 e. The number of carbonyl (C=O) groups is 1. The highest BCUT2D eigenvalue weighted by molar-refractivity contribution is 5.80. The van der Waals surface area contributed by atoms with Crippen LogP contribution in [0.25, 0.3) is 0 Å². The van der Waals surface area contributed by atoms with E-state index in [4.69, 9.17) is 4.74 Å². The fraction of sp³-hybridized carbons (Fsp3) is 0.533. The van der Waals surface area contributed by atoms with Crippen LogP contribution in [-0.4, -0.2) is 18.6 Å². The molecule has 1 aromatic carbocycles. The minimum atomic E-state index is -0.462. The summed E-state index contributed by atoms with van der Waals surface area (Å²) in [5.41, 5.74) is 1.13. The van der Waals surface area contributed by atoms with Gasteiger partial charge < -0.3 is 10.1 Å². The van der Waals surface area contributed by atoms with Crippen LogP contribution < -0.4 is 10.1 Å². The third-order valence-corrected chi connectivity index (χ3v) is 2.71. The van der Waals surface area contributed by atoms with Crippen molar-refractivity contribution in [1.82, 2.24) is 5.32 Å². The standard InChI is InChI=1S/C15H23NO2/c1-5-13-8-6-7-9-14(13)18-12(4)15(17)16-10-11(2)3/h6-9,11-12H,5,10H2,1-4H3,(H,16,17)/t12-/m1/s1. The maximum Gasteiger partial charge on any atom is 0.260 e. The summed E-state index contributed by atoms with van der Waals surface area (Å²) in [5.74, 6) is 1.19. The Hall–Kier alpha value is -1.51. The minimum Gasteiger partial charge on any atom is -0.481 e. The molecule has 1 rings (SSSR count). The predicted octanol–water partition coefficient (Wildman–Crippen LogP) is 2.79. The van der Waals surface area contributed by atoms with E-state index >= 15 is 0 Å². The molecule has 0 unspecified atom stereocenters. The second-order valence-electron chi connectivity index (χ2n) is 4.86. The molecule has 18 heavy (non-hydrogen) atoms. The predicted molar refractivity (Wildman–Crippen MR) is 73.8 cm³/mol. The summed E-state index contributed by atoms with van der Waals surface area (Å²) >= 11 is 0. The molecule has 0 aromatic heterocycles. The van der Waals surface area contributed by atoms with E-state index in [0.29, 0.717) is 12.5 Å². The molecule has 0 aliphatic carbocycles. The molecule has 0 radical (unpaired) electrons. The van der Waals surface area contributed by atoms with Crippen LogP contribution >= 0.6 is 0 Å². The zero-order valence-corrected chi connectivity index (χ0v) is 11.7. The Morgan fingerprint density at radius 2 is 1.94 bits per heavy atom. The van der Waals surface area contributed by atoms with Gasteiger partial charge in [-0.1, -0.05) is 39.0 Å². The summed E-state index contributed by atoms with van der Waals surface area (Å²) in [4.78, 5) is 11.8. The van der Waals surface area contributed by atoms with E-state index in [9.17, 15) is 4.79 Å². The second kappa shape index (κ2) is 7.04. The highest BCUT2D eigenvalue weighted by atomic mass is 16.5. The Morgan fingerprint density at radius 1 is 1.28 bits per heavy atom. The number of carbonyl (C=O) groups excluding carboxylic acids is 1. The first-order valence-electron chi connectivity index (χ1n) is 6.56. The van der Waals surface area contributed by atoms with Crippen molar-refractivity contribution in [2.45, 2.75) is 40.2 Å². The van der Waals surface area contributed by atoms with Gasteiger partial charge in [-0.3, -0.25) is 4.79 Å². The van der Waals surface area contributed by atoms with Gasteiger partial charge in [0.05, 0.1) is 0 Å². The van der Waals surface area contributed by atoms with E-state index < -0.39 is 6.10 Å². The van der Waals surface area contributed by atoms with Crippen molar-refractivity contribution in [3.05, 3.63) is 29.8 Å². The quantitative estimate of drug-likeness (QED) is 0.842. The first-order valence-corrected chi connectivity index (χ1v) is 6.56. The highest BCUT2D eigenvalue weighted by Crippen LogP contribution is 2.19. The van der Waals surface area contributed by atoms with Crippen LogP contribution in [0.1, 0.15) is 33.3 Å². The number of hydrogen-bond acceptors (Lipinski definition) is 2. The number of amides is 1. The van der Waals surface area contributed by atoms with Gasteiger partial charge in [-0.15, -0.1) is 0 Å². The molecule has 0 saturated heterocycles. The van der Waals surface area contributed by atoms with Crippen molar-refractivity contribution in [2.75, 3.05) is 6.54 Å². The normalized spacial score (nSPS) is 12.3. The van der Waals surface area contributed by atoms with Crippen molar-refractivity contribution < 1.29 is 9.53 Å². The lowest BCUT2D eigenvalue weighted by Gasteiger charge is -2.17. The molecule has 3 heteroatoms. The van der Waals surface area contributed by atoms with Crippen LogP contribution in [0.2, 0.25) is 0 Å². The summed E-state index contributed by atoms with van der Waals surface area (Å²) < 4.78 is 5.72. The molecule has 0 saturated carbocycles. The molecule has 3 nitrogen and oxygen atoms in total. The monoisotopic (exact) mass is 249 g/mol. The summed E-state index contributed by atoms with van der Waals surface area (Å²) in [6.45, 7) is 8.67. The van der Waals surface area contributed by atoms with Crippen molar-refractivity contribution in [1.29, 1.82) is 0 Å². The molecule has 0 spiro atoms. The van der Waals surface area contributed by atoms with Crippen LogP contribution in [0.5, 0.6) is 5.75 Å². The number of rotatable bonds is 6. The molecule has 100 valence electrons. The van der Waals surface area contributed by atoms with Gasteiger partial charge in [-0.25, -0.2) is 0 Å². The van der Waals surface area contributed by atoms with E-state index in [0.717, 1.165) is 17.7 Å². The maximum atomic E-state index is 11.8. The molecule has 0 fully saturated rings. The van der Waals surface area contributed by atoms with E-state index in [2.05, 4.69) is 26.1 Å². The Labute approximate surface area is 110 Å². The number of benzene rings is 1. The molecule has 0 bridgehead atoms. The molecule has 0 aliphatic rings. The van der Waals surface area contributed by atoms with Gasteiger partial charge in [0.25, 0.3) is 5.91 Å². The Bertz CT molecular complexity index is 388. The average Bonchev–Trinajstić information content (AvgIpc) is 2.36. The van der Waals surface area contributed by atoms with E-state index in [1.807, 2.05) is 24.3 Å². The maximum absolute atomic E-state index is 11.8. The summed E-state index contributed by atoms with van der Waals surface area (Å²) in [6, 6.07) is 7.83. The van der Waals surface area contributed by atoms with Gasteiger partial charge in [0.1, 0.15) is 5.75 Å². The summed E-state index contributed by atoms with van der Waals surface area (Å²) in [7, 11) is 0. The molecular weight excluding hydrogens is 226 g/mol. The van der Waals surface area contributed by atoms with Crippen LogP contribution in [0.3, 0.4) is 0 Å². The zero-order chi connectivity index (χ0) is 13.5. The van der Waals surface area contributed by atoms with Gasteiger partial charge >= 0.3 is 0 Å². The minimum absolute atomic E-state index is 0.0605. The van der Waals surface area contributed by atoms with Crippen molar-refractivity contribution in [2.24, 2.45) is 5.92 Å². The number of para-hydroxylation sites is 1.